The van der Waals surface area contributed by atoms with Crippen LogP contribution in [0.5, 0.6) is 0 Å². The van der Waals surface area contributed by atoms with E-state index in [1.165, 1.54) is 83.5 Å². The second kappa shape index (κ2) is 22.8. The summed E-state index contributed by atoms with van der Waals surface area (Å²) >= 11 is 0. The molecule has 1 aliphatic rings. The minimum atomic E-state index is -4.98. The Bertz CT molecular complexity index is 725. The number of carbonyl (C=O) groups is 1. The number of phosphoric acid groups is 1. The largest absolute Gasteiger partial charge is 0.472 e. The van der Waals surface area contributed by atoms with Gasteiger partial charge in [-0.3, -0.25) is 13.8 Å². The van der Waals surface area contributed by atoms with Gasteiger partial charge in [0.25, 0.3) is 0 Å². The van der Waals surface area contributed by atoms with E-state index in [2.05, 4.69) is 16.0 Å². The van der Waals surface area contributed by atoms with Crippen LogP contribution in [0.2, 0.25) is 0 Å². The Morgan fingerprint density at radius 1 is 0.643 bits per heavy atom. The van der Waals surface area contributed by atoms with Gasteiger partial charge in [0.1, 0.15) is 49.3 Å². The van der Waals surface area contributed by atoms with Gasteiger partial charge in [0.05, 0.1) is 6.61 Å². The highest BCUT2D eigenvalue weighted by Crippen LogP contribution is 2.47. The number of rotatable bonds is 25. The molecule has 0 aliphatic heterocycles. The van der Waals surface area contributed by atoms with E-state index in [0.717, 1.165) is 19.3 Å². The van der Waals surface area contributed by atoms with E-state index in [4.69, 9.17) is 4.74 Å². The lowest BCUT2D eigenvalue weighted by Crippen LogP contribution is -2.64. The van der Waals surface area contributed by atoms with Gasteiger partial charge >= 0.3 is 13.8 Å². The number of hydrogen-bond acceptors (Lipinski definition) is 11. The fourth-order valence-electron chi connectivity index (χ4n) is 4.99. The van der Waals surface area contributed by atoms with Crippen molar-refractivity contribution in [3.05, 3.63) is 0 Å². The first kappa shape index (κ1) is 39.4. The number of esters is 1. The molecule has 42 heavy (non-hydrogen) atoms. The maximum absolute atomic E-state index is 12.1. The second-order valence-corrected chi connectivity index (χ2v) is 12.9. The molecule has 0 amide bonds. The van der Waals surface area contributed by atoms with E-state index >= 15 is 0 Å². The van der Waals surface area contributed by atoms with Crippen LogP contribution in [0.25, 0.3) is 0 Å². The van der Waals surface area contributed by atoms with Gasteiger partial charge in [-0.15, -0.1) is 0 Å². The van der Waals surface area contributed by atoms with Gasteiger partial charge in [0, 0.05) is 6.42 Å². The molecule has 3 unspecified atom stereocenters. The smallest absolute Gasteiger partial charge is 0.463 e. The molecule has 0 spiro atoms. The number of unbranched alkanes of at least 4 members (excludes halogenated alkanes) is 16. The summed E-state index contributed by atoms with van der Waals surface area (Å²) in [5, 5.41) is 58.6. The van der Waals surface area contributed by atoms with Crippen molar-refractivity contribution in [2.75, 3.05) is 13.2 Å². The van der Waals surface area contributed by atoms with E-state index in [1.54, 1.807) is 0 Å². The Kier molecular flexibility index (Phi) is 21.4. The predicted molar refractivity (Wildman–Crippen MR) is 156 cm³/mol. The lowest BCUT2D eigenvalue weighted by molar-refractivity contribution is -0.220. The highest BCUT2D eigenvalue weighted by molar-refractivity contribution is 7.47. The van der Waals surface area contributed by atoms with E-state index in [9.17, 15) is 44.9 Å². The Morgan fingerprint density at radius 3 is 1.45 bits per heavy atom. The molecule has 250 valence electrons. The lowest BCUT2D eigenvalue weighted by Gasteiger charge is -2.41. The number of carbonyl (C=O) groups excluding carboxylic acids is 1. The van der Waals surface area contributed by atoms with Gasteiger partial charge in [-0.25, -0.2) is 4.57 Å². The molecule has 0 heterocycles. The van der Waals surface area contributed by atoms with Crippen molar-refractivity contribution >= 4 is 13.8 Å². The van der Waals surface area contributed by atoms with Crippen molar-refractivity contribution < 1.29 is 58.7 Å². The zero-order chi connectivity index (χ0) is 31.4. The Balaban J connectivity index is 2.01. The Labute approximate surface area is 251 Å². The molecular formula is C29H57O12P. The fourth-order valence-corrected chi connectivity index (χ4v) is 5.97. The topological polar surface area (TPSA) is 203 Å². The van der Waals surface area contributed by atoms with Crippen molar-refractivity contribution in [1.82, 2.24) is 0 Å². The molecule has 0 bridgehead atoms. The fraction of sp³-hybridized carbons (Fsp3) is 0.966. The van der Waals surface area contributed by atoms with Crippen LogP contribution in [0, 0.1) is 0 Å². The lowest BCUT2D eigenvalue weighted by atomic mass is 9.85. The molecule has 7 N–H and O–H groups in total. The van der Waals surface area contributed by atoms with E-state index in [0.29, 0.717) is 6.42 Å². The Hall–Kier alpha value is -0.660. The van der Waals surface area contributed by atoms with Crippen LogP contribution in [-0.4, -0.2) is 97.4 Å². The van der Waals surface area contributed by atoms with Gasteiger partial charge in [0.15, 0.2) is 0 Å². The molecule has 1 rings (SSSR count). The van der Waals surface area contributed by atoms with Gasteiger partial charge < -0.3 is 40.3 Å². The molecule has 0 aromatic rings. The summed E-state index contributed by atoms with van der Waals surface area (Å²) in [5.74, 6) is -0.506. The highest BCUT2D eigenvalue weighted by Gasteiger charge is 2.51. The van der Waals surface area contributed by atoms with Crippen LogP contribution in [0.4, 0.5) is 0 Å². The van der Waals surface area contributed by atoms with Crippen molar-refractivity contribution in [1.29, 1.82) is 0 Å². The summed E-state index contributed by atoms with van der Waals surface area (Å²) in [6, 6.07) is 0. The molecular weight excluding hydrogens is 571 g/mol. The maximum Gasteiger partial charge on any atom is 0.472 e. The number of phosphoric ester groups is 1. The zero-order valence-corrected chi connectivity index (χ0v) is 26.2. The molecule has 0 saturated heterocycles. The first-order chi connectivity index (χ1) is 20.0. The predicted octanol–water partition coefficient (Wildman–Crippen LogP) is 3.25. The summed E-state index contributed by atoms with van der Waals surface area (Å²) in [4.78, 5) is 21.7. The van der Waals surface area contributed by atoms with Gasteiger partial charge in [-0.2, -0.15) is 0 Å². The summed E-state index contributed by atoms with van der Waals surface area (Å²) < 4.78 is 26.4. The monoisotopic (exact) mass is 628 g/mol. The summed E-state index contributed by atoms with van der Waals surface area (Å²) in [7, 11) is -4.98. The van der Waals surface area contributed by atoms with Crippen molar-refractivity contribution in [3.63, 3.8) is 0 Å². The number of ether oxygens (including phenoxy) is 1. The Morgan fingerprint density at radius 2 is 1.02 bits per heavy atom. The average molecular weight is 629 g/mol. The molecule has 1 fully saturated rings. The zero-order valence-electron chi connectivity index (χ0n) is 25.3. The minimum Gasteiger partial charge on any atom is -0.463 e. The third-order valence-corrected chi connectivity index (χ3v) is 8.66. The number of aliphatic hydroxyl groups excluding tert-OH is 6. The van der Waals surface area contributed by atoms with Gasteiger partial charge in [0.2, 0.25) is 0 Å². The van der Waals surface area contributed by atoms with Gasteiger partial charge in [-0.05, 0) is 6.42 Å². The van der Waals surface area contributed by atoms with Crippen molar-refractivity contribution in [3.8, 4) is 0 Å². The molecule has 0 radical (unpaired) electrons. The molecule has 8 atom stereocenters. The van der Waals surface area contributed by atoms with E-state index < -0.39 is 69.7 Å². The average Bonchev–Trinajstić information content (AvgIpc) is 2.96. The van der Waals surface area contributed by atoms with Crippen LogP contribution in [0.3, 0.4) is 0 Å². The van der Waals surface area contributed by atoms with E-state index in [1.807, 2.05) is 0 Å². The standard InChI is InChI=1S/C29H57O12P/c1-2-3-4-5-6-7-8-9-10-11-12-13-14-15-16-17-18-19-23(31)39-20-22(30)21-40-42(37,38)41-29-27(35)25(33)24(32)26(34)28(29)36/h22,24-30,32-36H,2-21H2,1H3,(H,37,38)/t22-,24?,25-,26+,27-,28-,29?/m1/s1. The van der Waals surface area contributed by atoms with Crippen LogP contribution in [0.1, 0.15) is 122 Å². The van der Waals surface area contributed by atoms with E-state index in [-0.39, 0.29) is 6.42 Å². The van der Waals surface area contributed by atoms with Crippen LogP contribution in [-0.2, 0) is 23.1 Å². The van der Waals surface area contributed by atoms with Crippen LogP contribution >= 0.6 is 7.82 Å². The summed E-state index contributed by atoms with van der Waals surface area (Å²) in [6.07, 6.45) is 8.08. The maximum atomic E-state index is 12.1. The SMILES string of the molecule is CCCCCCCCCCCCCCCCCCCC(=O)OC[C@@H](O)COP(=O)(O)OC1[C@H](O)[C@H](O)C(O)[C@H](O)[C@H]1O. The van der Waals surface area contributed by atoms with Crippen LogP contribution < -0.4 is 0 Å². The molecule has 1 saturated carbocycles. The first-order valence-electron chi connectivity index (χ1n) is 15.9. The third kappa shape index (κ3) is 17.0. The number of aliphatic hydroxyl groups is 6. The van der Waals surface area contributed by atoms with Crippen molar-refractivity contribution in [2.24, 2.45) is 0 Å². The normalized spacial score (nSPS) is 26.6. The molecule has 0 aromatic carbocycles. The van der Waals surface area contributed by atoms with Gasteiger partial charge in [-0.1, -0.05) is 110 Å². The molecule has 1 aliphatic carbocycles. The molecule has 12 nitrogen and oxygen atoms in total. The second-order valence-electron chi connectivity index (χ2n) is 11.5. The summed E-state index contributed by atoms with van der Waals surface area (Å²) in [6.45, 7) is 1.00. The summed E-state index contributed by atoms with van der Waals surface area (Å²) in [5.41, 5.74) is 0. The van der Waals surface area contributed by atoms with Crippen molar-refractivity contribution in [2.45, 2.75) is 165 Å². The quantitative estimate of drug-likeness (QED) is 0.0442. The molecule has 13 heteroatoms. The number of hydrogen-bond donors (Lipinski definition) is 7. The molecule has 0 aromatic heterocycles. The minimum absolute atomic E-state index is 0.196. The van der Waals surface area contributed by atoms with Crippen LogP contribution in [0.15, 0.2) is 0 Å². The highest BCUT2D eigenvalue weighted by atomic mass is 31.2. The first-order valence-corrected chi connectivity index (χ1v) is 17.4. The third-order valence-electron chi connectivity index (χ3n) is 7.68.